The molecule has 13 rings (SSSR count). The first-order valence-corrected chi connectivity index (χ1v) is 24.7. The fraction of sp³-hybridized carbons (Fsp3) is 0. The molecule has 2 nitrogen and oxygen atoms in total. The molecule has 338 valence electrons. The zero-order valence-corrected chi connectivity index (χ0v) is 39.6. The summed E-state index contributed by atoms with van der Waals surface area (Å²) in [5.74, 6) is 0. The van der Waals surface area contributed by atoms with Crippen molar-refractivity contribution >= 4 is 49.6 Å². The van der Waals surface area contributed by atoms with E-state index in [1.54, 1.807) is 0 Å². The molecule has 0 fully saturated rings. The number of fused-ring (bicyclic) bond motifs is 4. The summed E-state index contributed by atoms with van der Waals surface area (Å²) < 4.78 is 2.40. The van der Waals surface area contributed by atoms with E-state index in [1.165, 1.54) is 82.6 Å². The maximum absolute atomic E-state index is 2.43. The van der Waals surface area contributed by atoms with Crippen LogP contribution in [0.5, 0.6) is 0 Å². The second-order valence-corrected chi connectivity index (χ2v) is 18.4. The van der Waals surface area contributed by atoms with E-state index in [0.717, 1.165) is 39.4 Å². The van der Waals surface area contributed by atoms with Crippen molar-refractivity contribution in [1.29, 1.82) is 0 Å². The fourth-order valence-electron chi connectivity index (χ4n) is 10.9. The third-order valence-corrected chi connectivity index (χ3v) is 14.2. The van der Waals surface area contributed by atoms with Gasteiger partial charge in [0.1, 0.15) is 0 Å². The molecule has 0 aliphatic heterocycles. The summed E-state index contributed by atoms with van der Waals surface area (Å²) in [6.07, 6.45) is 0. The third kappa shape index (κ3) is 7.73. The molecule has 0 aliphatic rings. The Hall–Kier alpha value is -9.50. The average Bonchev–Trinajstić information content (AvgIpc) is 3.80. The van der Waals surface area contributed by atoms with Crippen molar-refractivity contribution in [3.8, 4) is 72.4 Å². The van der Waals surface area contributed by atoms with E-state index in [4.69, 9.17) is 0 Å². The maximum atomic E-state index is 2.43. The maximum Gasteiger partial charge on any atom is 0.0547 e. The number of benzene rings is 12. The molecular formula is C70H48N2. The van der Waals surface area contributed by atoms with Gasteiger partial charge in [0.15, 0.2) is 0 Å². The lowest BCUT2D eigenvalue weighted by atomic mass is 9.84. The lowest BCUT2D eigenvalue weighted by Crippen LogP contribution is -2.10. The van der Waals surface area contributed by atoms with Crippen molar-refractivity contribution < 1.29 is 0 Å². The van der Waals surface area contributed by atoms with Gasteiger partial charge in [0.2, 0.25) is 0 Å². The Bertz CT molecular complexity index is 4090. The van der Waals surface area contributed by atoms with Crippen LogP contribution in [0.25, 0.3) is 105 Å². The first-order valence-electron chi connectivity index (χ1n) is 24.7. The topological polar surface area (TPSA) is 8.17 Å². The molecule has 1 aromatic heterocycles. The minimum absolute atomic E-state index is 1.06. The SMILES string of the molecule is c1ccc(-c2ccccc2-c2c(-c3ccccc3)cccc2-c2cccc(N(c3cccc(-c4ccc5ccccc5c4)c3)c3cccc(-c4cccc5c4c4ccccc4n5-c4ccccc4)c3)c2)cc1. The highest BCUT2D eigenvalue weighted by Crippen LogP contribution is 2.47. The molecular weight excluding hydrogens is 869 g/mol. The predicted molar refractivity (Wildman–Crippen MR) is 306 cm³/mol. The molecule has 13 aromatic rings. The summed E-state index contributed by atoms with van der Waals surface area (Å²) in [6, 6.07) is 106. The molecule has 2 heteroatoms. The first kappa shape index (κ1) is 42.6. The van der Waals surface area contributed by atoms with Gasteiger partial charge in [-0.25, -0.2) is 0 Å². The monoisotopic (exact) mass is 916 g/mol. The summed E-state index contributed by atoms with van der Waals surface area (Å²) >= 11 is 0. The smallest absolute Gasteiger partial charge is 0.0547 e. The molecule has 0 atom stereocenters. The molecule has 0 radical (unpaired) electrons. The number of hydrogen-bond donors (Lipinski definition) is 0. The van der Waals surface area contributed by atoms with Gasteiger partial charge in [-0.05, 0) is 144 Å². The Morgan fingerprint density at radius 2 is 0.694 bits per heavy atom. The van der Waals surface area contributed by atoms with Crippen LogP contribution in [0.1, 0.15) is 0 Å². The van der Waals surface area contributed by atoms with Gasteiger partial charge in [0.25, 0.3) is 0 Å². The largest absolute Gasteiger partial charge is 0.310 e. The molecule has 0 bridgehead atoms. The van der Waals surface area contributed by atoms with Crippen molar-refractivity contribution in [2.45, 2.75) is 0 Å². The average molecular weight is 917 g/mol. The van der Waals surface area contributed by atoms with Gasteiger partial charge in [-0.15, -0.1) is 0 Å². The molecule has 0 saturated heterocycles. The fourth-order valence-corrected chi connectivity index (χ4v) is 10.9. The second kappa shape index (κ2) is 18.4. The molecule has 0 spiro atoms. The molecule has 12 aromatic carbocycles. The van der Waals surface area contributed by atoms with Crippen LogP contribution in [-0.2, 0) is 0 Å². The van der Waals surface area contributed by atoms with E-state index < -0.39 is 0 Å². The number of aromatic nitrogens is 1. The standard InChI is InChI=1S/C70H48N2/c1-4-22-50(23-5-1)61-35-12-13-36-65(61)69-62(51-24-6-2-7-25-51)38-19-39-63(69)55-28-17-33-59(47-55)71(58-32-16-27-53(46-58)54-44-43-49-21-10-11-26-52(49)45-54)60-34-18-29-56(48-60)64-40-20-42-68-70(64)66-37-14-15-41-67(66)72(68)57-30-8-3-9-31-57/h1-48H. The molecule has 0 saturated carbocycles. The van der Waals surface area contributed by atoms with Crippen LogP contribution in [0.3, 0.4) is 0 Å². The van der Waals surface area contributed by atoms with E-state index in [-0.39, 0.29) is 0 Å². The van der Waals surface area contributed by atoms with Crippen LogP contribution < -0.4 is 4.90 Å². The number of anilines is 3. The molecule has 1 heterocycles. The normalized spacial score (nSPS) is 11.3. The number of hydrogen-bond acceptors (Lipinski definition) is 1. The van der Waals surface area contributed by atoms with Gasteiger partial charge in [-0.2, -0.15) is 0 Å². The summed E-state index contributed by atoms with van der Waals surface area (Å²) in [4.78, 5) is 2.43. The third-order valence-electron chi connectivity index (χ3n) is 14.2. The van der Waals surface area contributed by atoms with E-state index >= 15 is 0 Å². The van der Waals surface area contributed by atoms with E-state index in [0.29, 0.717) is 0 Å². The minimum Gasteiger partial charge on any atom is -0.310 e. The Labute approximate surface area is 420 Å². The highest BCUT2D eigenvalue weighted by molar-refractivity contribution is 6.16. The van der Waals surface area contributed by atoms with Crippen molar-refractivity contribution in [2.24, 2.45) is 0 Å². The van der Waals surface area contributed by atoms with Crippen LogP contribution in [0.15, 0.2) is 291 Å². The van der Waals surface area contributed by atoms with Crippen molar-refractivity contribution in [2.75, 3.05) is 4.90 Å². The Balaban J connectivity index is 1.01. The van der Waals surface area contributed by atoms with Crippen LogP contribution >= 0.6 is 0 Å². The summed E-state index contributed by atoms with van der Waals surface area (Å²) in [7, 11) is 0. The summed E-state index contributed by atoms with van der Waals surface area (Å²) in [5.41, 5.74) is 20.9. The predicted octanol–water partition coefficient (Wildman–Crippen LogP) is 19.4. The van der Waals surface area contributed by atoms with E-state index in [2.05, 4.69) is 301 Å². The highest BCUT2D eigenvalue weighted by Gasteiger charge is 2.22. The minimum atomic E-state index is 1.06. The lowest BCUT2D eigenvalue weighted by molar-refractivity contribution is 1.18. The zero-order valence-electron chi connectivity index (χ0n) is 39.6. The van der Waals surface area contributed by atoms with Crippen molar-refractivity contribution in [3.63, 3.8) is 0 Å². The van der Waals surface area contributed by atoms with E-state index in [1.807, 2.05) is 0 Å². The van der Waals surface area contributed by atoms with Crippen LogP contribution in [-0.4, -0.2) is 4.57 Å². The van der Waals surface area contributed by atoms with Gasteiger partial charge in [-0.1, -0.05) is 224 Å². The second-order valence-electron chi connectivity index (χ2n) is 18.4. The lowest BCUT2D eigenvalue weighted by Gasteiger charge is -2.27. The van der Waals surface area contributed by atoms with Crippen LogP contribution in [0, 0.1) is 0 Å². The number of para-hydroxylation sites is 2. The highest BCUT2D eigenvalue weighted by atomic mass is 15.1. The van der Waals surface area contributed by atoms with E-state index in [9.17, 15) is 0 Å². The summed E-state index contributed by atoms with van der Waals surface area (Å²) in [5, 5.41) is 4.93. The molecule has 72 heavy (non-hydrogen) atoms. The van der Waals surface area contributed by atoms with Crippen molar-refractivity contribution in [3.05, 3.63) is 291 Å². The molecule has 0 unspecified atom stereocenters. The van der Waals surface area contributed by atoms with Gasteiger partial charge in [0.05, 0.1) is 11.0 Å². The van der Waals surface area contributed by atoms with Gasteiger partial charge in [-0.3, -0.25) is 0 Å². The van der Waals surface area contributed by atoms with Crippen molar-refractivity contribution in [1.82, 2.24) is 4.57 Å². The molecule has 0 aliphatic carbocycles. The van der Waals surface area contributed by atoms with Gasteiger partial charge >= 0.3 is 0 Å². The van der Waals surface area contributed by atoms with Crippen LogP contribution in [0.4, 0.5) is 17.1 Å². The number of rotatable bonds is 10. The zero-order chi connectivity index (χ0) is 47.8. The Morgan fingerprint density at radius 3 is 1.40 bits per heavy atom. The first-order chi connectivity index (χ1) is 35.7. The quantitative estimate of drug-likeness (QED) is 0.133. The number of nitrogens with zero attached hydrogens (tertiary/aromatic N) is 2. The Kier molecular flexibility index (Phi) is 10.9. The van der Waals surface area contributed by atoms with Gasteiger partial charge < -0.3 is 9.47 Å². The van der Waals surface area contributed by atoms with Crippen LogP contribution in [0.2, 0.25) is 0 Å². The molecule has 0 N–H and O–H groups in total. The Morgan fingerprint density at radius 1 is 0.250 bits per heavy atom. The van der Waals surface area contributed by atoms with Gasteiger partial charge in [0, 0.05) is 33.5 Å². The molecule has 0 amide bonds. The summed E-state index contributed by atoms with van der Waals surface area (Å²) in [6.45, 7) is 0.